The summed E-state index contributed by atoms with van der Waals surface area (Å²) >= 11 is 7.37. The highest BCUT2D eigenvalue weighted by Gasteiger charge is 1.90. The monoisotopic (exact) mass is 199 g/mol. The third-order valence-corrected chi connectivity index (χ3v) is 2.34. The van der Waals surface area contributed by atoms with Crippen molar-refractivity contribution in [1.29, 1.82) is 0 Å². The van der Waals surface area contributed by atoms with E-state index in [1.54, 1.807) is 11.8 Å². The lowest BCUT2D eigenvalue weighted by molar-refractivity contribution is 1.52. The molecule has 1 aromatic carbocycles. The van der Waals surface area contributed by atoms with Crippen molar-refractivity contribution < 1.29 is 0 Å². The highest BCUT2D eigenvalue weighted by molar-refractivity contribution is 8.13. The second-order valence-electron chi connectivity index (χ2n) is 2.31. The van der Waals surface area contributed by atoms with E-state index in [4.69, 9.17) is 11.6 Å². The number of aliphatic imine (C=N–C) groups is 1. The third kappa shape index (κ3) is 2.88. The number of rotatable bonds is 1. The molecule has 0 spiro atoms. The zero-order chi connectivity index (χ0) is 8.97. The van der Waals surface area contributed by atoms with Crippen molar-refractivity contribution in [2.75, 3.05) is 6.26 Å². The quantitative estimate of drug-likeness (QED) is 0.496. The van der Waals surface area contributed by atoms with E-state index in [0.717, 1.165) is 15.8 Å². The van der Waals surface area contributed by atoms with Crippen LogP contribution in [0.15, 0.2) is 29.3 Å². The first-order chi connectivity index (χ1) is 5.72. The molecule has 0 fully saturated rings. The summed E-state index contributed by atoms with van der Waals surface area (Å²) in [4.78, 5) is 4.34. The third-order valence-electron chi connectivity index (χ3n) is 1.41. The van der Waals surface area contributed by atoms with E-state index in [9.17, 15) is 0 Å². The van der Waals surface area contributed by atoms with E-state index in [2.05, 4.69) is 4.99 Å². The summed E-state index contributed by atoms with van der Waals surface area (Å²) in [5.41, 5.74) is 0.950. The zero-order valence-corrected chi connectivity index (χ0v) is 8.62. The summed E-state index contributed by atoms with van der Waals surface area (Å²) in [5.74, 6) is 0. The molecule has 0 unspecified atom stereocenters. The largest absolute Gasteiger partial charge is 0.247 e. The lowest BCUT2D eigenvalue weighted by Gasteiger charge is -1.95. The fraction of sp³-hybridized carbons (Fsp3) is 0.222. The zero-order valence-electron chi connectivity index (χ0n) is 7.04. The molecule has 3 heteroatoms. The van der Waals surface area contributed by atoms with E-state index in [0.29, 0.717) is 0 Å². The van der Waals surface area contributed by atoms with Gasteiger partial charge in [0, 0.05) is 5.02 Å². The molecule has 1 nitrogen and oxygen atoms in total. The SMILES string of the molecule is CS/C(C)=N\c1ccc(Cl)cc1. The molecule has 0 saturated heterocycles. The van der Waals surface area contributed by atoms with Gasteiger partial charge in [-0.15, -0.1) is 11.8 Å². The van der Waals surface area contributed by atoms with Crippen molar-refractivity contribution in [2.24, 2.45) is 4.99 Å². The molecule has 0 aliphatic rings. The molecular formula is C9H10ClNS. The fourth-order valence-electron chi connectivity index (χ4n) is 0.743. The average Bonchev–Trinajstić information content (AvgIpc) is 2.09. The minimum absolute atomic E-state index is 0.746. The van der Waals surface area contributed by atoms with Gasteiger partial charge in [0.25, 0.3) is 0 Å². The summed E-state index contributed by atoms with van der Waals surface area (Å²) in [7, 11) is 0. The number of hydrogen-bond acceptors (Lipinski definition) is 2. The number of nitrogens with zero attached hydrogens (tertiary/aromatic N) is 1. The van der Waals surface area contributed by atoms with Crippen molar-refractivity contribution in [3.8, 4) is 0 Å². The van der Waals surface area contributed by atoms with Crippen LogP contribution in [0.5, 0.6) is 0 Å². The maximum Gasteiger partial charge on any atom is 0.0704 e. The summed E-state index contributed by atoms with van der Waals surface area (Å²) in [6.07, 6.45) is 2.01. The molecule has 0 radical (unpaired) electrons. The molecule has 0 saturated carbocycles. The van der Waals surface area contributed by atoms with Gasteiger partial charge in [-0.25, -0.2) is 4.99 Å². The van der Waals surface area contributed by atoms with Crippen LogP contribution in [0.25, 0.3) is 0 Å². The van der Waals surface area contributed by atoms with Gasteiger partial charge in [0.05, 0.1) is 10.7 Å². The number of benzene rings is 1. The second-order valence-corrected chi connectivity index (χ2v) is 3.75. The van der Waals surface area contributed by atoms with Gasteiger partial charge < -0.3 is 0 Å². The van der Waals surface area contributed by atoms with Crippen molar-refractivity contribution in [3.63, 3.8) is 0 Å². The van der Waals surface area contributed by atoms with Crippen molar-refractivity contribution in [1.82, 2.24) is 0 Å². The lowest BCUT2D eigenvalue weighted by Crippen LogP contribution is -1.78. The molecule has 0 amide bonds. The van der Waals surface area contributed by atoms with Gasteiger partial charge in [-0.05, 0) is 37.4 Å². The van der Waals surface area contributed by atoms with Crippen LogP contribution in [-0.2, 0) is 0 Å². The molecular weight excluding hydrogens is 190 g/mol. The van der Waals surface area contributed by atoms with Crippen molar-refractivity contribution in [2.45, 2.75) is 6.92 Å². The molecule has 64 valence electrons. The van der Waals surface area contributed by atoms with Gasteiger partial charge in [-0.2, -0.15) is 0 Å². The minimum Gasteiger partial charge on any atom is -0.247 e. The molecule has 0 atom stereocenters. The van der Waals surface area contributed by atoms with E-state index in [1.807, 2.05) is 37.4 Å². The first-order valence-corrected chi connectivity index (χ1v) is 5.17. The summed E-state index contributed by atoms with van der Waals surface area (Å²) in [5, 5.41) is 1.80. The van der Waals surface area contributed by atoms with Gasteiger partial charge in [0.1, 0.15) is 0 Å². The molecule has 1 rings (SSSR count). The van der Waals surface area contributed by atoms with Crippen LogP contribution in [0.3, 0.4) is 0 Å². The minimum atomic E-state index is 0.746. The van der Waals surface area contributed by atoms with Crippen LogP contribution in [-0.4, -0.2) is 11.3 Å². The van der Waals surface area contributed by atoms with Crippen LogP contribution in [0.4, 0.5) is 5.69 Å². The smallest absolute Gasteiger partial charge is 0.0704 e. The maximum absolute atomic E-state index is 5.73. The van der Waals surface area contributed by atoms with Crippen LogP contribution < -0.4 is 0 Å². The van der Waals surface area contributed by atoms with E-state index >= 15 is 0 Å². The highest BCUT2D eigenvalue weighted by Crippen LogP contribution is 2.17. The van der Waals surface area contributed by atoms with Crippen LogP contribution in [0, 0.1) is 0 Å². The standard InChI is InChI=1S/C9H10ClNS/c1-7(12-2)11-9-5-3-8(10)4-6-9/h3-6H,1-2H3/b11-7-. The fourth-order valence-corrected chi connectivity index (χ4v) is 1.07. The molecule has 0 bridgehead atoms. The molecule has 0 heterocycles. The van der Waals surface area contributed by atoms with Crippen molar-refractivity contribution >= 4 is 34.1 Å². The molecule has 12 heavy (non-hydrogen) atoms. The van der Waals surface area contributed by atoms with E-state index in [-0.39, 0.29) is 0 Å². The Morgan fingerprint density at radius 3 is 2.42 bits per heavy atom. The summed E-state index contributed by atoms with van der Waals surface area (Å²) < 4.78 is 0. The van der Waals surface area contributed by atoms with Gasteiger partial charge in [0.15, 0.2) is 0 Å². The van der Waals surface area contributed by atoms with Crippen LogP contribution in [0.1, 0.15) is 6.92 Å². The van der Waals surface area contributed by atoms with E-state index in [1.165, 1.54) is 0 Å². The predicted octanol–water partition coefficient (Wildman–Crippen LogP) is 3.75. The highest BCUT2D eigenvalue weighted by atomic mass is 35.5. The number of hydrogen-bond donors (Lipinski definition) is 0. The summed E-state index contributed by atoms with van der Waals surface area (Å²) in [6.45, 7) is 1.99. The molecule has 0 N–H and O–H groups in total. The predicted molar refractivity (Wildman–Crippen MR) is 57.7 cm³/mol. The first kappa shape index (κ1) is 9.62. The molecule has 0 aromatic heterocycles. The normalized spacial score (nSPS) is 11.8. The van der Waals surface area contributed by atoms with Gasteiger partial charge >= 0.3 is 0 Å². The summed E-state index contributed by atoms with van der Waals surface area (Å²) in [6, 6.07) is 7.49. The second kappa shape index (κ2) is 4.53. The molecule has 1 aromatic rings. The number of thioether (sulfide) groups is 1. The first-order valence-electron chi connectivity index (χ1n) is 3.57. The van der Waals surface area contributed by atoms with Gasteiger partial charge in [-0.1, -0.05) is 11.6 Å². The van der Waals surface area contributed by atoms with Crippen LogP contribution in [0.2, 0.25) is 5.02 Å². The van der Waals surface area contributed by atoms with E-state index < -0.39 is 0 Å². The van der Waals surface area contributed by atoms with Crippen molar-refractivity contribution in [3.05, 3.63) is 29.3 Å². The lowest BCUT2D eigenvalue weighted by atomic mass is 10.3. The Labute approximate surface area is 81.8 Å². The average molecular weight is 200 g/mol. The van der Waals surface area contributed by atoms with Crippen LogP contribution >= 0.6 is 23.4 Å². The Morgan fingerprint density at radius 2 is 1.92 bits per heavy atom. The maximum atomic E-state index is 5.73. The molecule has 0 aliphatic carbocycles. The van der Waals surface area contributed by atoms with Gasteiger partial charge in [-0.3, -0.25) is 0 Å². The Hall–Kier alpha value is -0.470. The Morgan fingerprint density at radius 1 is 1.33 bits per heavy atom. The topological polar surface area (TPSA) is 12.4 Å². The Bertz CT molecular complexity index is 279. The Balaban J connectivity index is 2.84. The van der Waals surface area contributed by atoms with Gasteiger partial charge in [0.2, 0.25) is 0 Å². The number of halogens is 1. The Kier molecular flexibility index (Phi) is 3.63. The molecule has 0 aliphatic heterocycles.